The summed E-state index contributed by atoms with van der Waals surface area (Å²) in [6.45, 7) is 15.7. The summed E-state index contributed by atoms with van der Waals surface area (Å²) >= 11 is 0. The number of Topliss-reactive ketones (excluding diaryl/α,β-unsaturated/α-hetero) is 1. The van der Waals surface area contributed by atoms with Gasteiger partial charge in [-0.3, -0.25) is 9.59 Å². The Morgan fingerprint density at radius 1 is 0.857 bits per heavy atom. The molecule has 0 amide bonds. The topological polar surface area (TPSA) is 96.3 Å². The maximum Gasteiger partial charge on any atom is 0.308 e. The van der Waals surface area contributed by atoms with E-state index in [2.05, 4.69) is 18.7 Å². The summed E-state index contributed by atoms with van der Waals surface area (Å²) in [4.78, 5) is 26.4. The van der Waals surface area contributed by atoms with Crippen molar-refractivity contribution in [2.24, 2.45) is 23.7 Å². The molecular formula is C28H53NO6. The number of nitrogens with zero attached hydrogens (tertiary/aromatic N) is 1. The zero-order chi connectivity index (χ0) is 27.3. The van der Waals surface area contributed by atoms with Crippen molar-refractivity contribution in [1.82, 2.24) is 4.90 Å². The van der Waals surface area contributed by atoms with E-state index >= 15 is 0 Å². The number of rotatable bonds is 1. The summed E-state index contributed by atoms with van der Waals surface area (Å²) in [5.41, 5.74) is 0.543. The first kappa shape index (κ1) is 33.7. The first-order chi connectivity index (χ1) is 16.3. The van der Waals surface area contributed by atoms with E-state index in [0.717, 1.165) is 32.1 Å². The van der Waals surface area contributed by atoms with Crippen molar-refractivity contribution in [2.75, 3.05) is 20.7 Å². The van der Waals surface area contributed by atoms with Crippen LogP contribution in [0.2, 0.25) is 0 Å². The Balaban J connectivity index is 0.000000742. The van der Waals surface area contributed by atoms with Crippen molar-refractivity contribution in [3.05, 3.63) is 11.6 Å². The normalized spacial score (nSPS) is 36.9. The van der Waals surface area contributed by atoms with E-state index in [1.54, 1.807) is 6.92 Å². The summed E-state index contributed by atoms with van der Waals surface area (Å²) in [7, 11) is 4.07. The Kier molecular flexibility index (Phi) is 16.6. The second-order valence-electron chi connectivity index (χ2n) is 10.6. The molecule has 206 valence electrons. The second kappa shape index (κ2) is 17.2. The number of carbonyl (C=O) groups is 2. The Labute approximate surface area is 214 Å². The van der Waals surface area contributed by atoms with Crippen LogP contribution in [-0.4, -0.2) is 72.1 Å². The Bertz CT molecular complexity index is 639. The van der Waals surface area contributed by atoms with Gasteiger partial charge in [0.25, 0.3) is 0 Å². The van der Waals surface area contributed by atoms with E-state index in [1.165, 1.54) is 6.08 Å². The Morgan fingerprint density at radius 3 is 1.91 bits per heavy atom. The van der Waals surface area contributed by atoms with Crippen LogP contribution < -0.4 is 0 Å². The minimum absolute atomic E-state index is 0.0476. The molecule has 5 unspecified atom stereocenters. The average molecular weight is 500 g/mol. The highest BCUT2D eigenvalue weighted by Gasteiger charge is 2.27. The highest BCUT2D eigenvalue weighted by atomic mass is 16.6. The van der Waals surface area contributed by atoms with Gasteiger partial charge in [-0.05, 0) is 77.1 Å². The lowest BCUT2D eigenvalue weighted by Gasteiger charge is -2.34. The van der Waals surface area contributed by atoms with Gasteiger partial charge in [-0.2, -0.15) is 0 Å². The van der Waals surface area contributed by atoms with E-state index < -0.39 is 12.4 Å². The molecule has 0 bridgehead atoms. The van der Waals surface area contributed by atoms with Crippen LogP contribution in [0.25, 0.3) is 0 Å². The predicted octanol–water partition coefficient (Wildman–Crippen LogP) is 4.59. The number of hydrogen-bond acceptors (Lipinski definition) is 7. The van der Waals surface area contributed by atoms with Crippen molar-refractivity contribution in [3.8, 4) is 0 Å². The monoisotopic (exact) mass is 499 g/mol. The van der Waals surface area contributed by atoms with Crippen molar-refractivity contribution in [2.45, 2.75) is 112 Å². The fourth-order valence-corrected chi connectivity index (χ4v) is 4.92. The molecule has 0 aromatic carbocycles. The van der Waals surface area contributed by atoms with Crippen LogP contribution in [0.1, 0.15) is 87.5 Å². The van der Waals surface area contributed by atoms with Gasteiger partial charge < -0.3 is 24.6 Å². The Morgan fingerprint density at radius 2 is 1.40 bits per heavy atom. The minimum atomic E-state index is -0.926. The number of allylic oxidation sites excluding steroid dienone is 1. The molecular weight excluding hydrogens is 446 g/mol. The molecule has 7 heteroatoms. The molecule has 35 heavy (non-hydrogen) atoms. The molecule has 1 saturated heterocycles. The number of carbonyl (C=O) groups excluding carboxylic acids is 2. The standard InChI is InChI=1S/C18H30O4.C8H17NO2.C2H6/c1-11-6-12(2)8-15(5)18(21)22-10-16(19)9-14(4)17(20)13(3)7-11;1-6-4-7(9(2)3)5-8(10)11-6;1-2/h9,11-13,15-16,19H,6-8,10H2,1-5H3;6-8,10H,4-5H2,1-3H3;1-2H3/b14-9+;;/t11-,12-,13-,15?,16?;;/m1../s1. The number of ether oxygens (including phenoxy) is 2. The van der Waals surface area contributed by atoms with Crippen molar-refractivity contribution >= 4 is 11.8 Å². The van der Waals surface area contributed by atoms with Gasteiger partial charge in [-0.1, -0.05) is 41.5 Å². The lowest BCUT2D eigenvalue weighted by molar-refractivity contribution is -0.172. The van der Waals surface area contributed by atoms with Crippen LogP contribution in [0.4, 0.5) is 0 Å². The molecule has 0 radical (unpaired) electrons. The molecule has 0 aromatic heterocycles. The highest BCUT2D eigenvalue weighted by molar-refractivity contribution is 5.96. The van der Waals surface area contributed by atoms with E-state index in [-0.39, 0.29) is 36.3 Å². The molecule has 1 fully saturated rings. The summed E-state index contributed by atoms with van der Waals surface area (Å²) in [6, 6.07) is 0.466. The van der Waals surface area contributed by atoms with Gasteiger partial charge in [0.15, 0.2) is 12.1 Å². The number of hydrogen-bond donors (Lipinski definition) is 2. The maximum atomic E-state index is 12.3. The lowest BCUT2D eigenvalue weighted by atomic mass is 9.83. The molecule has 7 nitrogen and oxygen atoms in total. The molecule has 2 rings (SSSR count). The second-order valence-corrected chi connectivity index (χ2v) is 10.6. The predicted molar refractivity (Wildman–Crippen MR) is 141 cm³/mol. The number of esters is 1. The molecule has 0 aliphatic carbocycles. The number of cyclic esters (lactones) is 1. The largest absolute Gasteiger partial charge is 0.462 e. The smallest absolute Gasteiger partial charge is 0.308 e. The van der Waals surface area contributed by atoms with E-state index in [4.69, 9.17) is 9.47 Å². The van der Waals surface area contributed by atoms with Crippen molar-refractivity contribution < 1.29 is 29.3 Å². The summed E-state index contributed by atoms with van der Waals surface area (Å²) in [6.07, 6.45) is 4.56. The molecule has 0 spiro atoms. The quantitative estimate of drug-likeness (QED) is 0.509. The zero-order valence-corrected chi connectivity index (χ0v) is 23.9. The maximum absolute atomic E-state index is 12.3. The zero-order valence-electron chi connectivity index (χ0n) is 23.9. The molecule has 0 saturated carbocycles. The first-order valence-corrected chi connectivity index (χ1v) is 13.4. The van der Waals surface area contributed by atoms with Gasteiger partial charge in [0.1, 0.15) is 12.7 Å². The third-order valence-corrected chi connectivity index (χ3v) is 6.59. The van der Waals surface area contributed by atoms with Gasteiger partial charge >= 0.3 is 5.97 Å². The number of ketones is 1. The van der Waals surface area contributed by atoms with Gasteiger partial charge in [-0.15, -0.1) is 0 Å². The summed E-state index contributed by atoms with van der Waals surface area (Å²) in [5, 5.41) is 19.1. The fraction of sp³-hybridized carbons (Fsp3) is 0.857. The first-order valence-electron chi connectivity index (χ1n) is 13.4. The van der Waals surface area contributed by atoms with E-state index in [0.29, 0.717) is 23.5 Å². The fourth-order valence-electron chi connectivity index (χ4n) is 4.92. The SMILES string of the molecule is C/C1=C\C(O)COC(=O)C(C)C[C@H](C)C[C@@H](C)C[C@@H](C)C1=O.CC.CC1CC(N(C)C)CC(O)O1. The average Bonchev–Trinajstić information content (AvgIpc) is 2.77. The van der Waals surface area contributed by atoms with Crippen molar-refractivity contribution in [3.63, 3.8) is 0 Å². The van der Waals surface area contributed by atoms with Gasteiger partial charge in [-0.25, -0.2) is 0 Å². The molecule has 0 aromatic rings. The van der Waals surface area contributed by atoms with Crippen LogP contribution in [0.5, 0.6) is 0 Å². The van der Waals surface area contributed by atoms with Crippen LogP contribution in [-0.2, 0) is 19.1 Å². The van der Waals surface area contributed by atoms with Gasteiger partial charge in [0.2, 0.25) is 0 Å². The van der Waals surface area contributed by atoms with Crippen LogP contribution in [0.3, 0.4) is 0 Å². The minimum Gasteiger partial charge on any atom is -0.462 e. The summed E-state index contributed by atoms with van der Waals surface area (Å²) < 4.78 is 10.3. The van der Waals surface area contributed by atoms with E-state index in [9.17, 15) is 19.8 Å². The Hall–Kier alpha value is -1.28. The highest BCUT2D eigenvalue weighted by Crippen LogP contribution is 2.26. The van der Waals surface area contributed by atoms with Gasteiger partial charge in [0.05, 0.1) is 12.0 Å². The van der Waals surface area contributed by atoms with E-state index in [1.807, 2.05) is 48.7 Å². The summed E-state index contributed by atoms with van der Waals surface area (Å²) in [5.74, 6) is 0.411. The van der Waals surface area contributed by atoms with Gasteiger partial charge in [0, 0.05) is 18.4 Å². The van der Waals surface area contributed by atoms with Crippen LogP contribution in [0.15, 0.2) is 11.6 Å². The molecule has 2 aliphatic heterocycles. The van der Waals surface area contributed by atoms with Crippen molar-refractivity contribution in [1.29, 1.82) is 0 Å². The number of aliphatic hydroxyl groups excluding tert-OH is 2. The number of aliphatic hydroxyl groups is 2. The molecule has 2 aliphatic rings. The third kappa shape index (κ3) is 13.6. The molecule has 8 atom stereocenters. The lowest BCUT2D eigenvalue weighted by Crippen LogP contribution is -2.41. The third-order valence-electron chi connectivity index (χ3n) is 6.59. The molecule has 2 N–H and O–H groups in total. The van der Waals surface area contributed by atoms with Crippen LogP contribution >= 0.6 is 0 Å². The molecule has 2 heterocycles. The van der Waals surface area contributed by atoms with Crippen LogP contribution in [0, 0.1) is 23.7 Å².